The monoisotopic (exact) mass is 154 g/mol. The number of unbranched alkanes of at least 4 members (excludes halogenated alkanes) is 2. The van der Waals surface area contributed by atoms with E-state index in [4.69, 9.17) is 0 Å². The summed E-state index contributed by atoms with van der Waals surface area (Å²) in [5, 5.41) is 0. The molecule has 0 heterocycles. The Balaban J connectivity index is -0.0000000720. The Hall–Kier alpha value is 1.26. The van der Waals surface area contributed by atoms with E-state index in [2.05, 4.69) is 40.5 Å². The van der Waals surface area contributed by atoms with E-state index in [0.29, 0.717) is 0 Å². The zero-order chi connectivity index (χ0) is 6.83. The van der Waals surface area contributed by atoms with Crippen LogP contribution in [0.4, 0.5) is 0 Å². The van der Waals surface area contributed by atoms with Crippen LogP contribution in [0.2, 0.25) is 0 Å². The smallest absolute Gasteiger partial charge is 0.332 e. The first-order valence-electron chi connectivity index (χ1n) is 3.39. The summed E-state index contributed by atoms with van der Waals surface area (Å²) in [4.78, 5) is 0. The van der Waals surface area contributed by atoms with Gasteiger partial charge in [0.2, 0.25) is 0 Å². The van der Waals surface area contributed by atoms with Crippen molar-refractivity contribution in [2.24, 2.45) is 0 Å². The van der Waals surface area contributed by atoms with Crippen LogP contribution in [0.25, 0.3) is 0 Å². The zero-order valence-corrected chi connectivity index (χ0v) is 9.48. The van der Waals surface area contributed by atoms with Gasteiger partial charge in [-0.2, -0.15) is 26.7 Å². The Labute approximate surface area is 90.4 Å². The van der Waals surface area contributed by atoms with Crippen LogP contribution >= 0.6 is 0 Å². The van der Waals surface area contributed by atoms with E-state index < -0.39 is 0 Å². The summed E-state index contributed by atoms with van der Waals surface area (Å²) in [6, 6.07) is 0. The largest absolute Gasteiger partial charge is 2.00 e. The first-order valence-corrected chi connectivity index (χ1v) is 3.39. The second-order valence-corrected chi connectivity index (χ2v) is 1.63. The van der Waals surface area contributed by atoms with Crippen molar-refractivity contribution in [2.75, 3.05) is 0 Å². The number of hydrogen-bond acceptors (Lipinski definition) is 0. The third-order valence-corrected chi connectivity index (χ3v) is 0.816. The molecule has 0 atom stereocenters. The van der Waals surface area contributed by atoms with Gasteiger partial charge in [0.1, 0.15) is 0 Å². The fourth-order valence-corrected chi connectivity index (χ4v) is 0. The van der Waals surface area contributed by atoms with Gasteiger partial charge in [-0.1, -0.05) is 13.8 Å². The van der Waals surface area contributed by atoms with Gasteiger partial charge in [-0.3, -0.25) is 0 Å². The van der Waals surface area contributed by atoms with Crippen LogP contribution in [0.3, 0.4) is 0 Å². The molecule has 52 valence electrons. The minimum Gasteiger partial charge on any atom is -0.332 e. The summed E-state index contributed by atoms with van der Waals surface area (Å²) in [5.41, 5.74) is 0. The van der Waals surface area contributed by atoms with Gasteiger partial charge in [0, 0.05) is 0 Å². The second kappa shape index (κ2) is 22.8. The molecule has 0 saturated carbocycles. The standard InChI is InChI=1S/2C4H9.Ca/c2*1-3-4-2;/h2*3H,4H2,1-2H3;/q2*-1;+2. The molecule has 0 nitrogen and oxygen atoms in total. The minimum atomic E-state index is 0. The molecule has 1 heteroatoms. The average molecular weight is 154 g/mol. The molecular formula is C8H18Ca. The summed E-state index contributed by atoms with van der Waals surface area (Å²) < 4.78 is 0. The number of hydrogen-bond donors (Lipinski definition) is 0. The van der Waals surface area contributed by atoms with Crippen LogP contribution in [0.5, 0.6) is 0 Å². The molecular weight excluding hydrogens is 136 g/mol. The first-order chi connectivity index (χ1) is 3.83. The van der Waals surface area contributed by atoms with Gasteiger partial charge in [-0.25, -0.2) is 0 Å². The van der Waals surface area contributed by atoms with Gasteiger partial charge in [0.15, 0.2) is 0 Å². The van der Waals surface area contributed by atoms with E-state index in [0.717, 1.165) is 0 Å². The summed E-state index contributed by atoms with van der Waals surface area (Å²) in [7, 11) is 0. The molecule has 0 aromatic carbocycles. The first kappa shape index (κ1) is 16.7. The van der Waals surface area contributed by atoms with Crippen LogP contribution in [0, 0.1) is 12.8 Å². The van der Waals surface area contributed by atoms with Gasteiger partial charge in [0.25, 0.3) is 0 Å². The molecule has 0 aromatic heterocycles. The molecule has 0 bridgehead atoms. The fraction of sp³-hybridized carbons (Fsp3) is 0.750. The molecule has 0 spiro atoms. The molecule has 0 aliphatic rings. The fourth-order valence-electron chi connectivity index (χ4n) is 0. The predicted molar refractivity (Wildman–Crippen MR) is 46.3 cm³/mol. The third-order valence-electron chi connectivity index (χ3n) is 0.816. The van der Waals surface area contributed by atoms with Crippen LogP contribution < -0.4 is 0 Å². The second-order valence-electron chi connectivity index (χ2n) is 1.63. The molecule has 0 saturated heterocycles. The van der Waals surface area contributed by atoms with Crippen LogP contribution in [0.1, 0.15) is 40.5 Å². The van der Waals surface area contributed by atoms with E-state index >= 15 is 0 Å². The maximum atomic E-state index is 2.12. The Morgan fingerprint density at radius 2 is 1.00 bits per heavy atom. The van der Waals surface area contributed by atoms with E-state index in [1.54, 1.807) is 0 Å². The molecule has 0 radical (unpaired) electrons. The maximum absolute atomic E-state index is 2.12. The van der Waals surface area contributed by atoms with E-state index in [9.17, 15) is 0 Å². The Kier molecular flexibility index (Phi) is 42.3. The SMILES string of the molecule is C[CH-]CC.C[CH-]CC.[Ca+2]. The van der Waals surface area contributed by atoms with Crippen molar-refractivity contribution in [1.29, 1.82) is 0 Å². The average Bonchev–Trinajstić information content (AvgIpc) is 1.88. The third kappa shape index (κ3) is 45.9. The van der Waals surface area contributed by atoms with Gasteiger partial charge < -0.3 is 12.8 Å². The van der Waals surface area contributed by atoms with E-state index in [1.165, 1.54) is 12.8 Å². The van der Waals surface area contributed by atoms with Gasteiger partial charge in [-0.15, -0.1) is 0 Å². The van der Waals surface area contributed by atoms with E-state index in [1.807, 2.05) is 0 Å². The zero-order valence-electron chi connectivity index (χ0n) is 7.28. The maximum Gasteiger partial charge on any atom is 2.00 e. The minimum absolute atomic E-state index is 0. The van der Waals surface area contributed by atoms with Crippen molar-refractivity contribution in [3.8, 4) is 0 Å². The van der Waals surface area contributed by atoms with Crippen molar-refractivity contribution in [3.05, 3.63) is 12.8 Å². The summed E-state index contributed by atoms with van der Waals surface area (Å²) in [6.07, 6.45) is 6.64. The molecule has 0 fully saturated rings. The molecule has 0 rings (SSSR count). The molecule has 9 heavy (non-hydrogen) atoms. The van der Waals surface area contributed by atoms with Gasteiger partial charge in [0.05, 0.1) is 0 Å². The van der Waals surface area contributed by atoms with Crippen LogP contribution in [0.15, 0.2) is 0 Å². The number of rotatable bonds is 2. The molecule has 0 amide bonds. The summed E-state index contributed by atoms with van der Waals surface area (Å²) in [5.74, 6) is 0. The molecule has 0 aromatic rings. The predicted octanol–water partition coefficient (Wildman–Crippen LogP) is 2.86. The van der Waals surface area contributed by atoms with Gasteiger partial charge in [-0.05, 0) is 0 Å². The van der Waals surface area contributed by atoms with Crippen LogP contribution in [-0.4, -0.2) is 37.7 Å². The topological polar surface area (TPSA) is 0 Å². The molecule has 0 unspecified atom stereocenters. The van der Waals surface area contributed by atoms with Crippen molar-refractivity contribution in [1.82, 2.24) is 0 Å². The Morgan fingerprint density at radius 1 is 0.889 bits per heavy atom. The molecule has 0 aliphatic heterocycles. The Morgan fingerprint density at radius 3 is 1.00 bits per heavy atom. The van der Waals surface area contributed by atoms with Crippen molar-refractivity contribution in [3.63, 3.8) is 0 Å². The van der Waals surface area contributed by atoms with Crippen molar-refractivity contribution >= 4 is 37.7 Å². The summed E-state index contributed by atoms with van der Waals surface area (Å²) in [6.45, 7) is 8.36. The van der Waals surface area contributed by atoms with Crippen molar-refractivity contribution < 1.29 is 0 Å². The van der Waals surface area contributed by atoms with Crippen LogP contribution in [-0.2, 0) is 0 Å². The molecule has 0 aliphatic carbocycles. The summed E-state index contributed by atoms with van der Waals surface area (Å²) >= 11 is 0. The molecule has 0 N–H and O–H groups in total. The van der Waals surface area contributed by atoms with E-state index in [-0.39, 0.29) is 37.7 Å². The van der Waals surface area contributed by atoms with Gasteiger partial charge >= 0.3 is 37.7 Å². The Bertz CT molecular complexity index is 12.5. The van der Waals surface area contributed by atoms with Crippen molar-refractivity contribution in [2.45, 2.75) is 40.5 Å². The quantitative estimate of drug-likeness (QED) is 0.424. The normalized spacial score (nSPS) is 6.67.